The Morgan fingerprint density at radius 3 is 1.65 bits per heavy atom. The molecular formula is C27H38BrN3. The first-order chi connectivity index (χ1) is 15.2. The Balaban J connectivity index is 0.000000101. The number of allylic oxidation sites excluding steroid dienone is 1. The highest BCUT2D eigenvalue weighted by atomic mass is 79.9. The summed E-state index contributed by atoms with van der Waals surface area (Å²) in [5.41, 5.74) is 0. The number of halogens is 1. The molecule has 8 bridgehead atoms. The molecule has 1 aliphatic heterocycles. The number of alkyl halides is 1. The highest BCUT2D eigenvalue weighted by molar-refractivity contribution is 9.09. The maximum Gasteiger partial charge on any atom is 0.0948 e. The van der Waals surface area contributed by atoms with Crippen molar-refractivity contribution in [2.45, 2.75) is 81.5 Å². The summed E-state index contributed by atoms with van der Waals surface area (Å²) in [6.07, 6.45) is 28.1. The lowest BCUT2D eigenvalue weighted by Gasteiger charge is -2.54. The molecule has 9 aliphatic rings. The molecule has 8 fully saturated rings. The van der Waals surface area contributed by atoms with E-state index in [2.05, 4.69) is 36.7 Å². The minimum absolute atomic E-state index is 0.792. The molecule has 0 radical (unpaired) electrons. The Kier molecular flexibility index (Phi) is 5.87. The van der Waals surface area contributed by atoms with Crippen LogP contribution in [0.5, 0.6) is 0 Å². The summed E-state index contributed by atoms with van der Waals surface area (Å²) in [5.74, 6) is 8.47. The summed E-state index contributed by atoms with van der Waals surface area (Å²) in [6.45, 7) is 0. The Morgan fingerprint density at radius 2 is 1.26 bits per heavy atom. The van der Waals surface area contributed by atoms with Crippen molar-refractivity contribution >= 4 is 22.1 Å². The van der Waals surface area contributed by atoms with Gasteiger partial charge in [-0.05, 0) is 112 Å². The van der Waals surface area contributed by atoms with E-state index in [0.717, 1.165) is 64.6 Å². The van der Waals surface area contributed by atoms with E-state index in [1.54, 1.807) is 44.7 Å². The topological polar surface area (TPSA) is 30.2 Å². The zero-order valence-electron chi connectivity index (χ0n) is 18.7. The predicted octanol–water partition coefficient (Wildman–Crippen LogP) is 7.06. The fraction of sp³-hybridized carbons (Fsp3) is 0.778. The molecule has 10 rings (SSSR count). The number of aromatic nitrogens is 2. The summed E-state index contributed by atoms with van der Waals surface area (Å²) in [7, 11) is 0. The molecule has 8 aliphatic carbocycles. The van der Waals surface area contributed by atoms with E-state index in [1.807, 2.05) is 24.8 Å². The molecule has 4 heteroatoms. The second kappa shape index (κ2) is 8.80. The minimum Gasteiger partial charge on any atom is -0.334 e. The van der Waals surface area contributed by atoms with Crippen molar-refractivity contribution < 1.29 is 0 Å². The van der Waals surface area contributed by atoms with Crippen molar-refractivity contribution in [3.63, 3.8) is 0 Å². The highest BCUT2D eigenvalue weighted by Gasteiger charge is 2.49. The van der Waals surface area contributed by atoms with Crippen molar-refractivity contribution in [3.8, 4) is 0 Å². The van der Waals surface area contributed by atoms with E-state index in [4.69, 9.17) is 0 Å². The number of nitrogens with zero attached hydrogens (tertiary/aromatic N) is 3. The molecule has 1 aromatic rings. The molecule has 0 atom stereocenters. The van der Waals surface area contributed by atoms with Gasteiger partial charge in [0, 0.05) is 42.1 Å². The first kappa shape index (κ1) is 20.7. The monoisotopic (exact) mass is 483 g/mol. The van der Waals surface area contributed by atoms with Gasteiger partial charge in [-0.1, -0.05) is 22.0 Å². The quantitative estimate of drug-likeness (QED) is 0.393. The molecule has 8 saturated carbocycles. The van der Waals surface area contributed by atoms with Gasteiger partial charge in [-0.2, -0.15) is 0 Å². The molecule has 0 aromatic carbocycles. The summed E-state index contributed by atoms with van der Waals surface area (Å²) in [6, 6.07) is 0.792. The molecule has 3 nitrogen and oxygen atoms in total. The fourth-order valence-corrected chi connectivity index (χ4v) is 9.86. The molecular weight excluding hydrogens is 446 g/mol. The van der Waals surface area contributed by atoms with E-state index in [1.165, 1.54) is 25.7 Å². The molecule has 0 spiro atoms. The lowest BCUT2D eigenvalue weighted by molar-refractivity contribution is -0.0291. The molecule has 2 heterocycles. The first-order valence-electron chi connectivity index (χ1n) is 13.0. The van der Waals surface area contributed by atoms with Gasteiger partial charge in [0.1, 0.15) is 0 Å². The normalized spacial score (nSPS) is 47.1. The fourth-order valence-electron chi connectivity index (χ4n) is 8.99. The standard InChI is InChI=1S/C13H18N2.C10H15Br.C4H5N/c1-2-15(8-14-1)13-11-4-9-3-10(6-11)7-12(13)5-9;11-10-8-2-6-1-7(4-8)5-9(10)3-6;1-2-4-5-3-1/h1-2,8-13H,3-7H2;6-10H,1-5H2;1,3-4H,2H2. The molecule has 0 N–H and O–H groups in total. The summed E-state index contributed by atoms with van der Waals surface area (Å²) in [4.78, 5) is 8.89. The smallest absolute Gasteiger partial charge is 0.0948 e. The van der Waals surface area contributed by atoms with E-state index in [0.29, 0.717) is 0 Å². The Morgan fingerprint density at radius 1 is 0.710 bits per heavy atom. The zero-order valence-corrected chi connectivity index (χ0v) is 20.3. The largest absolute Gasteiger partial charge is 0.334 e. The Bertz CT molecular complexity index is 731. The van der Waals surface area contributed by atoms with Crippen LogP contribution in [0.25, 0.3) is 0 Å². The Labute approximate surface area is 196 Å². The van der Waals surface area contributed by atoms with Gasteiger partial charge in [-0.25, -0.2) is 4.98 Å². The van der Waals surface area contributed by atoms with Crippen molar-refractivity contribution in [2.75, 3.05) is 0 Å². The van der Waals surface area contributed by atoms with Crippen LogP contribution in [0.3, 0.4) is 0 Å². The van der Waals surface area contributed by atoms with Crippen LogP contribution in [-0.2, 0) is 0 Å². The van der Waals surface area contributed by atoms with E-state index in [9.17, 15) is 0 Å². The third-order valence-corrected chi connectivity index (χ3v) is 11.2. The van der Waals surface area contributed by atoms with Crippen LogP contribution in [0.4, 0.5) is 0 Å². The van der Waals surface area contributed by atoms with Crippen LogP contribution in [0.15, 0.2) is 36.0 Å². The second-order valence-electron chi connectivity index (χ2n) is 11.8. The van der Waals surface area contributed by atoms with Crippen LogP contribution in [0.1, 0.15) is 76.7 Å². The van der Waals surface area contributed by atoms with E-state index >= 15 is 0 Å². The number of aliphatic imine (C=N–C) groups is 1. The summed E-state index contributed by atoms with van der Waals surface area (Å²) < 4.78 is 2.40. The van der Waals surface area contributed by atoms with E-state index < -0.39 is 0 Å². The second-order valence-corrected chi connectivity index (χ2v) is 12.8. The number of imidazole rings is 1. The minimum atomic E-state index is 0.792. The van der Waals surface area contributed by atoms with Gasteiger partial charge in [-0.15, -0.1) is 0 Å². The first-order valence-corrected chi connectivity index (χ1v) is 13.9. The van der Waals surface area contributed by atoms with Gasteiger partial charge >= 0.3 is 0 Å². The van der Waals surface area contributed by atoms with Crippen molar-refractivity contribution in [1.82, 2.24) is 9.55 Å². The maximum absolute atomic E-state index is 4.22. The molecule has 1 aromatic heterocycles. The molecule has 168 valence electrons. The third kappa shape index (κ3) is 4.23. The lowest BCUT2D eigenvalue weighted by atomic mass is 9.54. The van der Waals surface area contributed by atoms with Crippen LogP contribution in [0.2, 0.25) is 0 Å². The van der Waals surface area contributed by atoms with Crippen molar-refractivity contribution in [3.05, 3.63) is 31.0 Å². The van der Waals surface area contributed by atoms with Crippen molar-refractivity contribution in [2.24, 2.45) is 52.3 Å². The average molecular weight is 485 g/mol. The van der Waals surface area contributed by atoms with Crippen LogP contribution in [-0.4, -0.2) is 20.6 Å². The van der Waals surface area contributed by atoms with Gasteiger partial charge in [0.25, 0.3) is 0 Å². The van der Waals surface area contributed by atoms with Gasteiger partial charge in [-0.3, -0.25) is 4.99 Å². The summed E-state index contributed by atoms with van der Waals surface area (Å²) in [5, 5.41) is 0. The molecule has 0 amide bonds. The molecule has 31 heavy (non-hydrogen) atoms. The maximum atomic E-state index is 4.22. The highest BCUT2D eigenvalue weighted by Crippen LogP contribution is 2.58. The van der Waals surface area contributed by atoms with Crippen LogP contribution >= 0.6 is 15.9 Å². The predicted molar refractivity (Wildman–Crippen MR) is 130 cm³/mol. The molecule has 0 saturated heterocycles. The van der Waals surface area contributed by atoms with Crippen LogP contribution < -0.4 is 0 Å². The van der Waals surface area contributed by atoms with Gasteiger partial charge < -0.3 is 4.57 Å². The average Bonchev–Trinajstić information content (AvgIpc) is 3.48. The van der Waals surface area contributed by atoms with Crippen LogP contribution in [0, 0.1) is 47.3 Å². The van der Waals surface area contributed by atoms with Gasteiger partial charge in [0.2, 0.25) is 0 Å². The van der Waals surface area contributed by atoms with Gasteiger partial charge in [0.15, 0.2) is 0 Å². The zero-order chi connectivity index (χ0) is 20.8. The molecule has 0 unspecified atom stereocenters. The number of rotatable bonds is 1. The van der Waals surface area contributed by atoms with Crippen molar-refractivity contribution in [1.29, 1.82) is 0 Å². The van der Waals surface area contributed by atoms with Gasteiger partial charge in [0.05, 0.1) is 6.33 Å². The Hall–Kier alpha value is -0.900. The lowest BCUT2D eigenvalue weighted by Crippen LogP contribution is -2.45. The third-order valence-electron chi connectivity index (χ3n) is 9.70. The van der Waals surface area contributed by atoms with E-state index in [-0.39, 0.29) is 0 Å². The SMILES string of the molecule is BrC1C2CC3CC(C2)CC1C3.C1=CN=CC1.c1cn(C2C3CC4CC(C3)CC2C4)cn1. The number of hydrogen-bond acceptors (Lipinski definition) is 2. The number of hydrogen-bond donors (Lipinski definition) is 0. The summed E-state index contributed by atoms with van der Waals surface area (Å²) >= 11 is 3.88.